The molecule has 1 saturated carbocycles. The molecule has 0 saturated heterocycles. The lowest BCUT2D eigenvalue weighted by atomic mass is 9.85. The van der Waals surface area contributed by atoms with Gasteiger partial charge in [-0.15, -0.1) is 11.3 Å². The molecule has 124 valence electrons. The Kier molecular flexibility index (Phi) is 5.81. The Balaban J connectivity index is 1.81. The van der Waals surface area contributed by atoms with Gasteiger partial charge in [0.2, 0.25) is 0 Å². The minimum Gasteiger partial charge on any atom is -0.396 e. The highest BCUT2D eigenvalue weighted by Gasteiger charge is 2.25. The van der Waals surface area contributed by atoms with E-state index in [4.69, 9.17) is 0 Å². The van der Waals surface area contributed by atoms with E-state index in [1.54, 1.807) is 11.3 Å². The van der Waals surface area contributed by atoms with Gasteiger partial charge in [-0.3, -0.25) is 0 Å². The van der Waals surface area contributed by atoms with Crippen molar-refractivity contribution in [3.63, 3.8) is 0 Å². The SMILES string of the molecule is CC(C)(C)c1nc(CNC(=O)NC2CCCCC2CO)cs1. The average molecular weight is 325 g/mol. The van der Waals surface area contributed by atoms with Crippen molar-refractivity contribution in [1.82, 2.24) is 15.6 Å². The fraction of sp³-hybridized carbons (Fsp3) is 0.750. The number of urea groups is 1. The van der Waals surface area contributed by atoms with Gasteiger partial charge >= 0.3 is 6.03 Å². The molecule has 0 spiro atoms. The zero-order valence-electron chi connectivity index (χ0n) is 13.7. The second kappa shape index (κ2) is 7.42. The van der Waals surface area contributed by atoms with Crippen LogP contribution < -0.4 is 10.6 Å². The molecule has 1 aliphatic rings. The number of carbonyl (C=O) groups excluding carboxylic acids is 1. The summed E-state index contributed by atoms with van der Waals surface area (Å²) in [7, 11) is 0. The number of hydrogen-bond acceptors (Lipinski definition) is 4. The molecule has 2 atom stereocenters. The van der Waals surface area contributed by atoms with Crippen LogP contribution in [0.3, 0.4) is 0 Å². The van der Waals surface area contributed by atoms with Crippen molar-refractivity contribution in [3.8, 4) is 0 Å². The summed E-state index contributed by atoms with van der Waals surface area (Å²) in [6, 6.07) is -0.0880. The molecular formula is C16H27N3O2S. The van der Waals surface area contributed by atoms with Gasteiger partial charge in [0.25, 0.3) is 0 Å². The minimum atomic E-state index is -0.171. The quantitative estimate of drug-likeness (QED) is 0.797. The zero-order chi connectivity index (χ0) is 16.2. The predicted octanol–water partition coefficient (Wildman–Crippen LogP) is 2.79. The van der Waals surface area contributed by atoms with E-state index in [-0.39, 0.29) is 30.0 Å². The van der Waals surface area contributed by atoms with Crippen LogP contribution in [0.2, 0.25) is 0 Å². The Morgan fingerprint density at radius 1 is 1.41 bits per heavy atom. The molecule has 0 aromatic carbocycles. The Labute approximate surface area is 136 Å². The van der Waals surface area contributed by atoms with Gasteiger partial charge in [-0.25, -0.2) is 9.78 Å². The number of nitrogens with one attached hydrogen (secondary N) is 2. The molecule has 5 nitrogen and oxygen atoms in total. The van der Waals surface area contributed by atoms with Crippen LogP contribution >= 0.6 is 11.3 Å². The van der Waals surface area contributed by atoms with Crippen molar-refractivity contribution < 1.29 is 9.90 Å². The van der Waals surface area contributed by atoms with Crippen LogP contribution in [0.1, 0.15) is 57.2 Å². The smallest absolute Gasteiger partial charge is 0.315 e. The van der Waals surface area contributed by atoms with Crippen molar-refractivity contribution in [2.75, 3.05) is 6.61 Å². The molecule has 0 aliphatic heterocycles. The minimum absolute atomic E-state index is 0.0433. The molecule has 2 unspecified atom stereocenters. The van der Waals surface area contributed by atoms with Gasteiger partial charge in [0.1, 0.15) is 0 Å². The molecule has 1 aliphatic carbocycles. The summed E-state index contributed by atoms with van der Waals surface area (Å²) in [4.78, 5) is 16.6. The molecule has 6 heteroatoms. The van der Waals surface area contributed by atoms with E-state index < -0.39 is 0 Å². The lowest BCUT2D eigenvalue weighted by molar-refractivity contribution is 0.153. The molecule has 1 aromatic heterocycles. The number of hydrogen-bond donors (Lipinski definition) is 3. The van der Waals surface area contributed by atoms with Crippen LogP contribution in [0.25, 0.3) is 0 Å². The number of aliphatic hydroxyl groups is 1. The van der Waals surface area contributed by atoms with Crippen molar-refractivity contribution >= 4 is 17.4 Å². The Hall–Kier alpha value is -1.14. The molecule has 2 amide bonds. The maximum Gasteiger partial charge on any atom is 0.315 e. The predicted molar refractivity (Wildman–Crippen MR) is 89.0 cm³/mol. The van der Waals surface area contributed by atoms with E-state index in [2.05, 4.69) is 36.4 Å². The standard InChI is InChI=1S/C16H27N3O2S/c1-16(2,3)14-18-12(10-22-14)8-17-15(21)19-13-7-5-4-6-11(13)9-20/h10-11,13,20H,4-9H2,1-3H3,(H2,17,19,21). The first kappa shape index (κ1) is 17.2. The monoisotopic (exact) mass is 325 g/mol. The van der Waals surface area contributed by atoms with Gasteiger partial charge in [-0.1, -0.05) is 33.6 Å². The maximum absolute atomic E-state index is 12.0. The maximum atomic E-state index is 12.0. The van der Waals surface area contributed by atoms with E-state index >= 15 is 0 Å². The summed E-state index contributed by atoms with van der Waals surface area (Å²) in [5, 5.41) is 18.3. The van der Waals surface area contributed by atoms with Crippen LogP contribution in [0.4, 0.5) is 4.79 Å². The summed E-state index contributed by atoms with van der Waals surface area (Å²) in [6.45, 7) is 6.98. The molecule has 2 rings (SSSR count). The van der Waals surface area contributed by atoms with E-state index in [1.165, 1.54) is 0 Å². The molecular weight excluding hydrogens is 298 g/mol. The highest BCUT2D eigenvalue weighted by molar-refractivity contribution is 7.09. The van der Waals surface area contributed by atoms with Crippen LogP contribution in [0.5, 0.6) is 0 Å². The van der Waals surface area contributed by atoms with Crippen molar-refractivity contribution in [1.29, 1.82) is 0 Å². The Morgan fingerprint density at radius 3 is 2.77 bits per heavy atom. The van der Waals surface area contributed by atoms with Crippen molar-refractivity contribution in [2.24, 2.45) is 5.92 Å². The second-order valence-electron chi connectivity index (χ2n) is 7.05. The molecule has 0 radical (unpaired) electrons. The second-order valence-corrected chi connectivity index (χ2v) is 7.91. The number of aliphatic hydroxyl groups excluding tert-OH is 1. The summed E-state index contributed by atoms with van der Waals surface area (Å²) >= 11 is 1.63. The van der Waals surface area contributed by atoms with E-state index in [1.807, 2.05) is 5.38 Å². The lowest BCUT2D eigenvalue weighted by Crippen LogP contribution is -2.47. The van der Waals surface area contributed by atoms with Gasteiger partial charge in [0.05, 0.1) is 17.2 Å². The van der Waals surface area contributed by atoms with Gasteiger partial charge in [-0.05, 0) is 12.8 Å². The molecule has 1 aromatic rings. The zero-order valence-corrected chi connectivity index (χ0v) is 14.5. The van der Waals surface area contributed by atoms with Crippen molar-refractivity contribution in [3.05, 3.63) is 16.1 Å². The number of rotatable bonds is 4. The molecule has 22 heavy (non-hydrogen) atoms. The highest BCUT2D eigenvalue weighted by Crippen LogP contribution is 2.26. The van der Waals surface area contributed by atoms with Gasteiger partial charge in [-0.2, -0.15) is 0 Å². The van der Waals surface area contributed by atoms with Crippen LogP contribution in [0, 0.1) is 5.92 Å². The van der Waals surface area contributed by atoms with Crippen molar-refractivity contribution in [2.45, 2.75) is 64.5 Å². The molecule has 0 bridgehead atoms. The first-order chi connectivity index (χ1) is 10.4. The Bertz CT molecular complexity index is 496. The fourth-order valence-corrected chi connectivity index (χ4v) is 3.65. The normalized spacial score (nSPS) is 22.4. The summed E-state index contributed by atoms with van der Waals surface area (Å²) in [5.74, 6) is 0.186. The topological polar surface area (TPSA) is 74.2 Å². The fourth-order valence-electron chi connectivity index (χ4n) is 2.74. The van der Waals surface area contributed by atoms with Gasteiger partial charge in [0.15, 0.2) is 0 Å². The van der Waals surface area contributed by atoms with Crippen LogP contribution in [-0.2, 0) is 12.0 Å². The van der Waals surface area contributed by atoms with E-state index in [9.17, 15) is 9.90 Å². The Morgan fingerprint density at radius 2 is 2.14 bits per heavy atom. The average Bonchev–Trinajstić information content (AvgIpc) is 2.95. The third kappa shape index (κ3) is 4.68. The summed E-state index contributed by atoms with van der Waals surface area (Å²) in [6.07, 6.45) is 4.19. The van der Waals surface area contributed by atoms with Crippen LogP contribution in [-0.4, -0.2) is 28.8 Å². The van der Waals surface area contributed by atoms with E-state index in [0.29, 0.717) is 6.54 Å². The number of amides is 2. The van der Waals surface area contributed by atoms with Gasteiger partial charge < -0.3 is 15.7 Å². The first-order valence-electron chi connectivity index (χ1n) is 8.00. The molecule has 1 fully saturated rings. The number of aromatic nitrogens is 1. The largest absolute Gasteiger partial charge is 0.396 e. The third-order valence-electron chi connectivity index (χ3n) is 4.08. The summed E-state index contributed by atoms with van der Waals surface area (Å²) < 4.78 is 0. The number of nitrogens with zero attached hydrogens (tertiary/aromatic N) is 1. The summed E-state index contributed by atoms with van der Waals surface area (Å²) in [5.41, 5.74) is 0.939. The molecule has 3 N–H and O–H groups in total. The molecule has 1 heterocycles. The number of thiazole rings is 1. The lowest BCUT2D eigenvalue weighted by Gasteiger charge is -2.30. The van der Waals surface area contributed by atoms with E-state index in [0.717, 1.165) is 36.4 Å². The van der Waals surface area contributed by atoms with Gasteiger partial charge in [0, 0.05) is 29.4 Å². The highest BCUT2D eigenvalue weighted by atomic mass is 32.1. The third-order valence-corrected chi connectivity index (χ3v) is 5.40. The van der Waals surface area contributed by atoms with Crippen LogP contribution in [0.15, 0.2) is 5.38 Å². The first-order valence-corrected chi connectivity index (χ1v) is 8.88. The number of carbonyl (C=O) groups is 1.